The van der Waals surface area contributed by atoms with Gasteiger partial charge in [0.05, 0.1) is 5.25 Å². The molecule has 1 aliphatic heterocycles. The van der Waals surface area contributed by atoms with E-state index in [0.29, 0.717) is 17.8 Å². The molecule has 164 valence electrons. The van der Waals surface area contributed by atoms with E-state index in [2.05, 4.69) is 5.32 Å². The summed E-state index contributed by atoms with van der Waals surface area (Å²) >= 11 is 1.18. The van der Waals surface area contributed by atoms with Crippen LogP contribution in [-0.2, 0) is 16.0 Å². The number of nitrogens with zero attached hydrogens (tertiary/aromatic N) is 2. The zero-order chi connectivity index (χ0) is 23.4. The minimum atomic E-state index is -0.585. The normalized spacial score (nSPS) is 16.9. The van der Waals surface area contributed by atoms with Gasteiger partial charge in [-0.3, -0.25) is 14.5 Å². The third-order valence-corrected chi connectivity index (χ3v) is 6.43. The number of carbonyl (C=O) groups excluding carboxylic acids is 2. The molecule has 1 heterocycles. The maximum atomic E-state index is 13.4. The molecule has 3 aromatic rings. The van der Waals surface area contributed by atoms with Crippen molar-refractivity contribution in [1.29, 1.82) is 5.26 Å². The molecule has 3 aromatic carbocycles. The first kappa shape index (κ1) is 22.3. The molecule has 1 N–H and O–H groups in total. The van der Waals surface area contributed by atoms with Crippen LogP contribution in [0, 0.1) is 24.1 Å². The van der Waals surface area contributed by atoms with Gasteiger partial charge in [-0.05, 0) is 55.3 Å². The van der Waals surface area contributed by atoms with Crippen LogP contribution in [0.4, 0.5) is 15.8 Å². The number of nitrogens with one attached hydrogen (secondary N) is 1. The number of benzene rings is 3. The van der Waals surface area contributed by atoms with E-state index in [9.17, 15) is 19.2 Å². The molecule has 0 aromatic heterocycles. The molecule has 0 saturated carbocycles. The second kappa shape index (κ2) is 9.72. The van der Waals surface area contributed by atoms with Gasteiger partial charge in [0.1, 0.15) is 22.5 Å². The number of nitriles is 1. The Morgan fingerprint density at radius 2 is 1.73 bits per heavy atom. The largest absolute Gasteiger partial charge is 0.321 e. The van der Waals surface area contributed by atoms with Crippen molar-refractivity contribution in [3.8, 4) is 6.07 Å². The first-order valence-corrected chi connectivity index (χ1v) is 11.2. The predicted molar refractivity (Wildman–Crippen MR) is 128 cm³/mol. The van der Waals surface area contributed by atoms with E-state index in [4.69, 9.17) is 0 Å². The predicted octanol–water partition coefficient (Wildman–Crippen LogP) is 5.20. The average molecular weight is 458 g/mol. The van der Waals surface area contributed by atoms with Crippen molar-refractivity contribution in [3.63, 3.8) is 0 Å². The van der Waals surface area contributed by atoms with Crippen LogP contribution in [0.25, 0.3) is 0 Å². The van der Waals surface area contributed by atoms with E-state index < -0.39 is 11.2 Å². The lowest BCUT2D eigenvalue weighted by Crippen LogP contribution is -2.30. The van der Waals surface area contributed by atoms with Crippen molar-refractivity contribution in [2.24, 2.45) is 0 Å². The molecule has 0 spiro atoms. The molecule has 5 nitrogen and oxygen atoms in total. The molecule has 1 aliphatic rings. The van der Waals surface area contributed by atoms with E-state index >= 15 is 0 Å². The number of thioether (sulfide) groups is 1. The number of hydrogen-bond donors (Lipinski definition) is 1. The van der Waals surface area contributed by atoms with Gasteiger partial charge in [-0.1, -0.05) is 59.8 Å². The average Bonchev–Trinajstić information content (AvgIpc) is 3.12. The highest BCUT2D eigenvalue weighted by Crippen LogP contribution is 2.42. The molecule has 0 bridgehead atoms. The van der Waals surface area contributed by atoms with Crippen LogP contribution in [0.2, 0.25) is 0 Å². The lowest BCUT2D eigenvalue weighted by atomic mass is 10.1. The maximum Gasteiger partial charge on any atom is 0.269 e. The summed E-state index contributed by atoms with van der Waals surface area (Å²) in [5.74, 6) is -1.17. The van der Waals surface area contributed by atoms with Crippen LogP contribution in [0.1, 0.15) is 11.1 Å². The van der Waals surface area contributed by atoms with Crippen molar-refractivity contribution in [3.05, 3.63) is 106 Å². The number of para-hydroxylation sites is 1. The summed E-state index contributed by atoms with van der Waals surface area (Å²) in [6.45, 7) is 1.94. The second-order valence-corrected chi connectivity index (χ2v) is 8.75. The molecular weight excluding hydrogens is 437 g/mol. The Hall–Kier alpha value is -3.89. The molecule has 4 rings (SSSR count). The zero-order valence-corrected chi connectivity index (χ0v) is 18.6. The summed E-state index contributed by atoms with van der Waals surface area (Å²) in [4.78, 5) is 27.8. The van der Waals surface area contributed by atoms with E-state index in [1.54, 1.807) is 48.5 Å². The number of rotatable bonds is 5. The monoisotopic (exact) mass is 457 g/mol. The standard InChI is InChI=1S/C26H20FN3O2S/c1-17-7-13-21(14-8-17)30-25(32)23(15-18-9-11-19(27)12-10-18)33-26(30)22(16-28)24(31)29-20-5-3-2-4-6-20/h2-14,23H,15H2,1H3,(H,29,31)/b26-22+/t23-/m0/s1. The second-order valence-electron chi connectivity index (χ2n) is 7.56. The molecule has 0 aliphatic carbocycles. The fourth-order valence-corrected chi connectivity index (χ4v) is 4.77. The number of amides is 2. The maximum absolute atomic E-state index is 13.4. The molecule has 0 unspecified atom stereocenters. The van der Waals surface area contributed by atoms with Crippen LogP contribution in [-0.4, -0.2) is 17.1 Å². The summed E-state index contributed by atoms with van der Waals surface area (Å²) in [7, 11) is 0. The van der Waals surface area contributed by atoms with Gasteiger partial charge in [0.25, 0.3) is 5.91 Å². The smallest absolute Gasteiger partial charge is 0.269 e. The Morgan fingerprint density at radius 3 is 2.36 bits per heavy atom. The van der Waals surface area contributed by atoms with Crippen molar-refractivity contribution >= 4 is 35.0 Å². The Kier molecular flexibility index (Phi) is 6.57. The highest BCUT2D eigenvalue weighted by Gasteiger charge is 2.40. The lowest BCUT2D eigenvalue weighted by Gasteiger charge is -2.19. The first-order valence-electron chi connectivity index (χ1n) is 10.3. The van der Waals surface area contributed by atoms with Gasteiger partial charge in [-0.2, -0.15) is 5.26 Å². The molecule has 1 atom stereocenters. The zero-order valence-electron chi connectivity index (χ0n) is 17.8. The Balaban J connectivity index is 1.72. The number of aryl methyl sites for hydroxylation is 1. The van der Waals surface area contributed by atoms with Crippen LogP contribution >= 0.6 is 11.8 Å². The molecule has 1 saturated heterocycles. The van der Waals surface area contributed by atoms with E-state index in [0.717, 1.165) is 11.1 Å². The van der Waals surface area contributed by atoms with Crippen LogP contribution in [0.5, 0.6) is 0 Å². The minimum absolute atomic E-state index is 0.139. The summed E-state index contributed by atoms with van der Waals surface area (Å²) in [6.07, 6.45) is 0.342. The summed E-state index contributed by atoms with van der Waals surface area (Å²) in [5, 5.41) is 12.3. The lowest BCUT2D eigenvalue weighted by molar-refractivity contribution is -0.117. The SMILES string of the molecule is Cc1ccc(N2C(=O)[C@H](Cc3ccc(F)cc3)S/C2=C(\C#N)C(=O)Nc2ccccc2)cc1. The van der Waals surface area contributed by atoms with Crippen molar-refractivity contribution < 1.29 is 14.0 Å². The summed E-state index contributed by atoms with van der Waals surface area (Å²) < 4.78 is 13.3. The van der Waals surface area contributed by atoms with Crippen molar-refractivity contribution in [1.82, 2.24) is 0 Å². The Labute approximate surface area is 195 Å². The fraction of sp³-hybridized carbons (Fsp3) is 0.115. The number of carbonyl (C=O) groups is 2. The topological polar surface area (TPSA) is 73.2 Å². The van der Waals surface area contributed by atoms with Gasteiger partial charge in [0.2, 0.25) is 5.91 Å². The third kappa shape index (κ3) is 4.97. The van der Waals surface area contributed by atoms with E-state index in [1.807, 2.05) is 31.2 Å². The highest BCUT2D eigenvalue weighted by molar-refractivity contribution is 8.05. The third-order valence-electron chi connectivity index (χ3n) is 5.16. The highest BCUT2D eigenvalue weighted by atomic mass is 32.2. The van der Waals surface area contributed by atoms with Crippen LogP contribution in [0.15, 0.2) is 89.5 Å². The van der Waals surface area contributed by atoms with Crippen LogP contribution < -0.4 is 10.2 Å². The van der Waals surface area contributed by atoms with Gasteiger partial charge in [-0.15, -0.1) is 0 Å². The molecular formula is C26H20FN3O2S. The quantitative estimate of drug-likeness (QED) is 0.422. The van der Waals surface area contributed by atoms with Crippen molar-refractivity contribution in [2.45, 2.75) is 18.6 Å². The molecule has 1 fully saturated rings. The van der Waals surface area contributed by atoms with Gasteiger partial charge in [0, 0.05) is 11.4 Å². The summed E-state index contributed by atoms with van der Waals surface area (Å²) in [5.41, 5.74) is 2.80. The number of anilines is 2. The molecule has 7 heteroatoms. The van der Waals surface area contributed by atoms with Gasteiger partial charge >= 0.3 is 0 Å². The molecule has 0 radical (unpaired) electrons. The molecule has 2 amide bonds. The van der Waals surface area contributed by atoms with E-state index in [1.165, 1.54) is 28.8 Å². The first-order chi connectivity index (χ1) is 16.0. The van der Waals surface area contributed by atoms with Crippen LogP contribution in [0.3, 0.4) is 0 Å². The fourth-order valence-electron chi connectivity index (χ4n) is 3.47. The minimum Gasteiger partial charge on any atom is -0.321 e. The summed E-state index contributed by atoms with van der Waals surface area (Å²) in [6, 6.07) is 24.1. The Morgan fingerprint density at radius 1 is 1.06 bits per heavy atom. The van der Waals surface area contributed by atoms with Gasteiger partial charge in [0.15, 0.2) is 0 Å². The van der Waals surface area contributed by atoms with Gasteiger partial charge in [-0.25, -0.2) is 4.39 Å². The number of hydrogen-bond acceptors (Lipinski definition) is 4. The van der Waals surface area contributed by atoms with E-state index in [-0.39, 0.29) is 22.3 Å². The van der Waals surface area contributed by atoms with Gasteiger partial charge < -0.3 is 5.32 Å². The molecule has 33 heavy (non-hydrogen) atoms. The number of halogens is 1. The van der Waals surface area contributed by atoms with Crippen molar-refractivity contribution in [2.75, 3.05) is 10.2 Å². The Bertz CT molecular complexity index is 1250.